The lowest BCUT2D eigenvalue weighted by molar-refractivity contribution is -0.136. The minimum Gasteiger partial charge on any atom is -0.481 e. The SMILES string of the molecule is N#Cc1ccc(-c2cncc3ccc(CCC(=O)O)cc23)cc1. The van der Waals surface area contributed by atoms with Gasteiger partial charge >= 0.3 is 5.97 Å². The molecule has 4 heteroatoms. The Balaban J connectivity index is 2.06. The van der Waals surface area contributed by atoms with Crippen LogP contribution in [-0.4, -0.2) is 16.1 Å². The number of fused-ring (bicyclic) bond motifs is 1. The quantitative estimate of drug-likeness (QED) is 0.795. The highest BCUT2D eigenvalue weighted by Crippen LogP contribution is 2.29. The predicted octanol–water partition coefficient (Wildman–Crippen LogP) is 3.79. The van der Waals surface area contributed by atoms with Crippen molar-refractivity contribution in [2.24, 2.45) is 0 Å². The summed E-state index contributed by atoms with van der Waals surface area (Å²) < 4.78 is 0. The largest absolute Gasteiger partial charge is 0.481 e. The number of benzene rings is 2. The molecule has 0 radical (unpaired) electrons. The van der Waals surface area contributed by atoms with Crippen molar-refractivity contribution in [2.75, 3.05) is 0 Å². The van der Waals surface area contributed by atoms with Crippen molar-refractivity contribution < 1.29 is 9.90 Å². The summed E-state index contributed by atoms with van der Waals surface area (Å²) in [5, 5.41) is 19.8. The van der Waals surface area contributed by atoms with Gasteiger partial charge in [-0.05, 0) is 35.1 Å². The first-order chi connectivity index (χ1) is 11.2. The summed E-state index contributed by atoms with van der Waals surface area (Å²) in [6.45, 7) is 0. The zero-order valence-corrected chi connectivity index (χ0v) is 12.4. The van der Waals surface area contributed by atoms with E-state index in [4.69, 9.17) is 10.4 Å². The summed E-state index contributed by atoms with van der Waals surface area (Å²) in [6, 6.07) is 15.4. The monoisotopic (exact) mass is 302 g/mol. The van der Waals surface area contributed by atoms with E-state index in [1.54, 1.807) is 24.5 Å². The number of aliphatic carboxylic acids is 1. The minimum atomic E-state index is -0.799. The van der Waals surface area contributed by atoms with E-state index in [-0.39, 0.29) is 6.42 Å². The Morgan fingerprint density at radius 2 is 1.91 bits per heavy atom. The lowest BCUT2D eigenvalue weighted by Gasteiger charge is -2.08. The van der Waals surface area contributed by atoms with Gasteiger partial charge in [-0.2, -0.15) is 5.26 Å². The minimum absolute atomic E-state index is 0.114. The molecule has 0 aliphatic carbocycles. The number of rotatable bonds is 4. The smallest absolute Gasteiger partial charge is 0.303 e. The van der Waals surface area contributed by atoms with Crippen LogP contribution in [0, 0.1) is 11.3 Å². The van der Waals surface area contributed by atoms with Crippen molar-refractivity contribution in [1.29, 1.82) is 5.26 Å². The molecule has 0 amide bonds. The fourth-order valence-corrected chi connectivity index (χ4v) is 2.57. The molecule has 1 heterocycles. The Kier molecular flexibility index (Phi) is 4.03. The number of carbonyl (C=O) groups is 1. The fourth-order valence-electron chi connectivity index (χ4n) is 2.57. The third kappa shape index (κ3) is 3.19. The third-order valence-corrected chi connectivity index (χ3v) is 3.78. The lowest BCUT2D eigenvalue weighted by Crippen LogP contribution is -1.97. The molecule has 1 aromatic heterocycles. The van der Waals surface area contributed by atoms with Gasteiger partial charge in [0.1, 0.15) is 0 Å². The van der Waals surface area contributed by atoms with Crippen molar-refractivity contribution in [3.8, 4) is 17.2 Å². The van der Waals surface area contributed by atoms with E-state index in [2.05, 4.69) is 11.1 Å². The Morgan fingerprint density at radius 3 is 2.61 bits per heavy atom. The van der Waals surface area contributed by atoms with Crippen molar-refractivity contribution in [2.45, 2.75) is 12.8 Å². The molecule has 3 rings (SSSR count). The highest BCUT2D eigenvalue weighted by Gasteiger charge is 2.07. The predicted molar refractivity (Wildman–Crippen MR) is 87.9 cm³/mol. The number of carboxylic acids is 1. The average Bonchev–Trinajstić information content (AvgIpc) is 2.59. The summed E-state index contributed by atoms with van der Waals surface area (Å²) >= 11 is 0. The second-order valence-electron chi connectivity index (χ2n) is 5.33. The molecule has 2 aromatic carbocycles. The summed E-state index contributed by atoms with van der Waals surface area (Å²) in [5.41, 5.74) is 3.56. The van der Waals surface area contributed by atoms with E-state index >= 15 is 0 Å². The Bertz CT molecular complexity index is 909. The van der Waals surface area contributed by atoms with Gasteiger partial charge in [0.25, 0.3) is 0 Å². The summed E-state index contributed by atoms with van der Waals surface area (Å²) in [6.07, 6.45) is 4.21. The van der Waals surface area contributed by atoms with Crippen molar-refractivity contribution in [3.63, 3.8) is 0 Å². The summed E-state index contributed by atoms with van der Waals surface area (Å²) in [5.74, 6) is -0.799. The van der Waals surface area contributed by atoms with Crippen LogP contribution < -0.4 is 0 Å². The molecule has 0 saturated carbocycles. The fraction of sp³-hybridized carbons (Fsp3) is 0.105. The van der Waals surface area contributed by atoms with Crippen molar-refractivity contribution >= 4 is 16.7 Å². The third-order valence-electron chi connectivity index (χ3n) is 3.78. The maximum Gasteiger partial charge on any atom is 0.303 e. The Labute approximate surface area is 133 Å². The van der Waals surface area contributed by atoms with E-state index in [9.17, 15) is 4.79 Å². The van der Waals surface area contributed by atoms with E-state index in [1.807, 2.05) is 30.3 Å². The van der Waals surface area contributed by atoms with Crippen molar-refractivity contribution in [1.82, 2.24) is 4.98 Å². The second kappa shape index (κ2) is 6.29. The molecule has 112 valence electrons. The zero-order chi connectivity index (χ0) is 16.2. The van der Waals surface area contributed by atoms with Gasteiger partial charge in [-0.1, -0.05) is 30.3 Å². The molecular formula is C19H14N2O2. The average molecular weight is 302 g/mol. The lowest BCUT2D eigenvalue weighted by atomic mass is 9.97. The topological polar surface area (TPSA) is 74.0 Å². The number of hydrogen-bond acceptors (Lipinski definition) is 3. The van der Waals surface area contributed by atoms with Crippen LogP contribution in [0.2, 0.25) is 0 Å². The van der Waals surface area contributed by atoms with Crippen LogP contribution in [0.15, 0.2) is 54.9 Å². The van der Waals surface area contributed by atoms with Crippen LogP contribution in [-0.2, 0) is 11.2 Å². The molecule has 0 fully saturated rings. The van der Waals surface area contributed by atoms with Crippen LogP contribution in [0.1, 0.15) is 17.5 Å². The van der Waals surface area contributed by atoms with Gasteiger partial charge in [0.05, 0.1) is 11.6 Å². The molecule has 0 aliphatic heterocycles. The molecule has 23 heavy (non-hydrogen) atoms. The van der Waals surface area contributed by atoms with Gasteiger partial charge < -0.3 is 5.11 Å². The molecule has 0 unspecified atom stereocenters. The Hall–Kier alpha value is -3.19. The van der Waals surface area contributed by atoms with Gasteiger partial charge in [0.2, 0.25) is 0 Å². The van der Waals surface area contributed by atoms with E-state index in [1.165, 1.54) is 0 Å². The van der Waals surface area contributed by atoms with Gasteiger partial charge in [-0.15, -0.1) is 0 Å². The van der Waals surface area contributed by atoms with Gasteiger partial charge in [-0.3, -0.25) is 9.78 Å². The van der Waals surface area contributed by atoms with Gasteiger partial charge in [-0.25, -0.2) is 0 Å². The molecule has 0 aliphatic rings. The zero-order valence-electron chi connectivity index (χ0n) is 12.4. The number of aryl methyl sites for hydroxylation is 1. The summed E-state index contributed by atoms with van der Waals surface area (Å²) in [7, 11) is 0. The molecule has 3 aromatic rings. The molecule has 0 spiro atoms. The van der Waals surface area contributed by atoms with Crippen LogP contribution in [0.5, 0.6) is 0 Å². The maximum absolute atomic E-state index is 10.7. The number of nitrogens with zero attached hydrogens (tertiary/aromatic N) is 2. The molecule has 0 bridgehead atoms. The maximum atomic E-state index is 10.7. The van der Waals surface area contributed by atoms with Crippen LogP contribution in [0.3, 0.4) is 0 Å². The highest BCUT2D eigenvalue weighted by molar-refractivity contribution is 5.96. The van der Waals surface area contributed by atoms with Crippen molar-refractivity contribution in [3.05, 3.63) is 66.0 Å². The Morgan fingerprint density at radius 1 is 1.13 bits per heavy atom. The van der Waals surface area contributed by atoms with E-state index in [0.29, 0.717) is 12.0 Å². The van der Waals surface area contributed by atoms with E-state index in [0.717, 1.165) is 27.5 Å². The number of pyridine rings is 1. The second-order valence-corrected chi connectivity index (χ2v) is 5.33. The number of aromatic nitrogens is 1. The molecule has 4 nitrogen and oxygen atoms in total. The first-order valence-corrected chi connectivity index (χ1v) is 7.26. The summed E-state index contributed by atoms with van der Waals surface area (Å²) in [4.78, 5) is 15.0. The number of hydrogen-bond donors (Lipinski definition) is 1. The normalized spacial score (nSPS) is 10.4. The molecule has 0 atom stereocenters. The number of carboxylic acid groups (broad SMARTS) is 1. The van der Waals surface area contributed by atoms with Crippen LogP contribution in [0.25, 0.3) is 21.9 Å². The van der Waals surface area contributed by atoms with E-state index < -0.39 is 5.97 Å². The van der Waals surface area contributed by atoms with Crippen LogP contribution in [0.4, 0.5) is 0 Å². The van der Waals surface area contributed by atoms with Gasteiger partial charge in [0, 0.05) is 29.8 Å². The van der Waals surface area contributed by atoms with Crippen LogP contribution >= 0.6 is 0 Å². The molecule has 1 N–H and O–H groups in total. The number of nitriles is 1. The first kappa shape index (κ1) is 14.7. The molecular weight excluding hydrogens is 288 g/mol. The van der Waals surface area contributed by atoms with Gasteiger partial charge in [0.15, 0.2) is 0 Å². The standard InChI is InChI=1S/C19H14N2O2/c20-10-14-2-5-15(6-3-14)18-12-21-11-16-7-1-13(9-17(16)18)4-8-19(22)23/h1-3,5-7,9,11-12H,4,8H2,(H,22,23). The molecule has 0 saturated heterocycles. The first-order valence-electron chi connectivity index (χ1n) is 7.26. The highest BCUT2D eigenvalue weighted by atomic mass is 16.4.